The van der Waals surface area contributed by atoms with Crippen LogP contribution >= 0.6 is 15.9 Å². The lowest BCUT2D eigenvalue weighted by atomic mass is 10.2. The quantitative estimate of drug-likeness (QED) is 0.681. The maximum absolute atomic E-state index is 9.87. The highest BCUT2D eigenvalue weighted by Crippen LogP contribution is 2.31. The highest BCUT2D eigenvalue weighted by Gasteiger charge is 2.14. The average Bonchev–Trinajstić information content (AvgIpc) is 2.88. The van der Waals surface area contributed by atoms with Gasteiger partial charge in [0.1, 0.15) is 0 Å². The Morgan fingerprint density at radius 3 is 2.59 bits per heavy atom. The van der Waals surface area contributed by atoms with E-state index in [0.717, 1.165) is 15.7 Å². The van der Waals surface area contributed by atoms with Crippen LogP contribution in [0.5, 0.6) is 5.95 Å². The zero-order chi connectivity index (χ0) is 15.5. The largest absolute Gasteiger partial charge is 0.479 e. The third-order valence-corrected chi connectivity index (χ3v) is 3.80. The average molecular weight is 357 g/mol. The number of oxazole rings is 1. The fraction of sp³-hybridized carbons (Fsp3) is 0.0588. The Labute approximate surface area is 136 Å². The van der Waals surface area contributed by atoms with Crippen molar-refractivity contribution in [3.8, 4) is 17.4 Å². The number of nitrogens with zero attached hydrogens (tertiary/aromatic N) is 2. The number of hydrogen-bond donors (Lipinski definition) is 1. The predicted molar refractivity (Wildman–Crippen MR) is 89.7 cm³/mol. The van der Waals surface area contributed by atoms with Crippen molar-refractivity contribution in [2.24, 2.45) is 4.99 Å². The van der Waals surface area contributed by atoms with E-state index in [1.54, 1.807) is 0 Å². The molecule has 1 heterocycles. The first-order valence-electron chi connectivity index (χ1n) is 6.69. The molecular weight excluding hydrogens is 344 g/mol. The molecule has 5 heteroatoms. The first-order valence-corrected chi connectivity index (χ1v) is 7.48. The fourth-order valence-corrected chi connectivity index (χ4v) is 2.38. The molecule has 22 heavy (non-hydrogen) atoms. The lowest BCUT2D eigenvalue weighted by Gasteiger charge is -1.97. The Bertz CT molecular complexity index is 823. The molecule has 0 aliphatic carbocycles. The zero-order valence-corrected chi connectivity index (χ0v) is 13.4. The Morgan fingerprint density at radius 1 is 1.14 bits per heavy atom. The number of hydrogen-bond acceptors (Lipinski definition) is 4. The summed E-state index contributed by atoms with van der Waals surface area (Å²) in [6, 6.07) is 15.3. The van der Waals surface area contributed by atoms with Crippen LogP contribution in [0.2, 0.25) is 0 Å². The predicted octanol–water partition coefficient (Wildman–Crippen LogP) is 4.87. The molecule has 0 aliphatic rings. The molecule has 0 bridgehead atoms. The minimum Gasteiger partial charge on any atom is -0.479 e. The number of halogens is 1. The van der Waals surface area contributed by atoms with Crippen molar-refractivity contribution >= 4 is 27.8 Å². The second kappa shape index (κ2) is 6.15. The van der Waals surface area contributed by atoms with Crippen LogP contribution in [-0.4, -0.2) is 16.3 Å². The molecule has 0 saturated heterocycles. The number of aromatic nitrogens is 1. The van der Waals surface area contributed by atoms with Crippen molar-refractivity contribution in [2.45, 2.75) is 6.92 Å². The van der Waals surface area contributed by atoms with Crippen molar-refractivity contribution in [3.63, 3.8) is 0 Å². The molecule has 0 aliphatic heterocycles. The van der Waals surface area contributed by atoms with Gasteiger partial charge < -0.3 is 9.52 Å². The van der Waals surface area contributed by atoms with Gasteiger partial charge in [-0.15, -0.1) is 0 Å². The molecular formula is C17H13BrN2O2. The molecule has 3 aromatic rings. The van der Waals surface area contributed by atoms with Gasteiger partial charge in [-0.3, -0.25) is 4.99 Å². The minimum atomic E-state index is -0.249. The first-order chi connectivity index (χ1) is 10.6. The smallest absolute Gasteiger partial charge is 0.312 e. The van der Waals surface area contributed by atoms with Crippen molar-refractivity contribution in [1.82, 2.24) is 4.98 Å². The molecule has 1 N–H and O–H groups in total. The summed E-state index contributed by atoms with van der Waals surface area (Å²) in [5, 5.41) is 9.87. The molecule has 0 radical (unpaired) electrons. The summed E-state index contributed by atoms with van der Waals surface area (Å²) in [5.41, 5.74) is 3.02. The second-order valence-electron chi connectivity index (χ2n) is 4.78. The molecule has 0 atom stereocenters. The number of benzene rings is 2. The van der Waals surface area contributed by atoms with E-state index in [1.807, 2.05) is 55.5 Å². The first kappa shape index (κ1) is 14.5. The van der Waals surface area contributed by atoms with Crippen molar-refractivity contribution in [3.05, 3.63) is 64.3 Å². The van der Waals surface area contributed by atoms with Gasteiger partial charge >= 0.3 is 5.95 Å². The zero-order valence-electron chi connectivity index (χ0n) is 11.8. The van der Waals surface area contributed by atoms with Gasteiger partial charge in [-0.05, 0) is 47.1 Å². The van der Waals surface area contributed by atoms with Crippen LogP contribution in [0.3, 0.4) is 0 Å². The Morgan fingerprint density at radius 2 is 1.86 bits per heavy atom. The second-order valence-corrected chi connectivity index (χ2v) is 5.64. The van der Waals surface area contributed by atoms with Gasteiger partial charge in [0, 0.05) is 4.47 Å². The topological polar surface area (TPSA) is 58.6 Å². The monoisotopic (exact) mass is 356 g/mol. The van der Waals surface area contributed by atoms with E-state index in [9.17, 15) is 5.11 Å². The molecule has 110 valence electrons. The summed E-state index contributed by atoms with van der Waals surface area (Å²) in [6.45, 7) is 2.01. The molecule has 0 saturated carbocycles. The van der Waals surface area contributed by atoms with Crippen LogP contribution < -0.4 is 0 Å². The van der Waals surface area contributed by atoms with Crippen LogP contribution in [0.15, 0.2) is 62.4 Å². The Balaban J connectivity index is 1.90. The maximum atomic E-state index is 9.87. The fourth-order valence-electron chi connectivity index (χ4n) is 1.92. The highest BCUT2D eigenvalue weighted by atomic mass is 79.9. The summed E-state index contributed by atoms with van der Waals surface area (Å²) in [6.07, 6.45) is 1.49. The molecule has 1 aromatic heterocycles. The molecule has 0 amide bonds. The van der Waals surface area contributed by atoms with Crippen molar-refractivity contribution in [1.29, 1.82) is 0 Å². The van der Waals surface area contributed by atoms with Crippen LogP contribution in [0.25, 0.3) is 11.5 Å². The number of aryl methyl sites for hydroxylation is 1. The Kier molecular flexibility index (Phi) is 4.06. The standard InChI is InChI=1S/C17H13BrN2O2/c1-11-6-8-12(9-7-11)19-10-15-17(21)22-16(20-15)13-4-2-3-5-14(13)18/h2-10,21H,1H3. The molecule has 0 unspecified atom stereocenters. The van der Waals surface area contributed by atoms with E-state index in [1.165, 1.54) is 11.8 Å². The third-order valence-electron chi connectivity index (χ3n) is 3.11. The van der Waals surface area contributed by atoms with Gasteiger partial charge in [0.05, 0.1) is 17.5 Å². The molecule has 0 fully saturated rings. The van der Waals surface area contributed by atoms with E-state index >= 15 is 0 Å². The summed E-state index contributed by atoms with van der Waals surface area (Å²) in [4.78, 5) is 8.57. The van der Waals surface area contributed by atoms with E-state index in [0.29, 0.717) is 11.6 Å². The maximum Gasteiger partial charge on any atom is 0.312 e. The van der Waals surface area contributed by atoms with E-state index in [2.05, 4.69) is 25.9 Å². The van der Waals surface area contributed by atoms with E-state index < -0.39 is 0 Å². The van der Waals surface area contributed by atoms with Crippen molar-refractivity contribution in [2.75, 3.05) is 0 Å². The van der Waals surface area contributed by atoms with E-state index in [-0.39, 0.29) is 5.95 Å². The van der Waals surface area contributed by atoms with Crippen LogP contribution in [0.1, 0.15) is 11.3 Å². The van der Waals surface area contributed by atoms with Gasteiger partial charge in [-0.25, -0.2) is 4.98 Å². The lowest BCUT2D eigenvalue weighted by molar-refractivity contribution is 0.337. The summed E-state index contributed by atoms with van der Waals surface area (Å²) in [5.74, 6) is 0.0944. The molecule has 3 rings (SSSR count). The third kappa shape index (κ3) is 3.09. The molecule has 0 spiro atoms. The van der Waals surface area contributed by atoms with Crippen LogP contribution in [0.4, 0.5) is 5.69 Å². The van der Waals surface area contributed by atoms with Gasteiger partial charge in [0.25, 0.3) is 0 Å². The van der Waals surface area contributed by atoms with E-state index in [4.69, 9.17) is 4.42 Å². The van der Waals surface area contributed by atoms with Crippen molar-refractivity contribution < 1.29 is 9.52 Å². The minimum absolute atomic E-state index is 0.249. The number of aromatic hydroxyl groups is 1. The van der Waals surface area contributed by atoms with Crippen LogP contribution in [-0.2, 0) is 0 Å². The van der Waals surface area contributed by atoms with Gasteiger partial charge in [0.2, 0.25) is 5.89 Å². The van der Waals surface area contributed by atoms with Crippen LogP contribution in [0, 0.1) is 6.92 Å². The molecule has 2 aromatic carbocycles. The normalized spacial score (nSPS) is 11.2. The SMILES string of the molecule is Cc1ccc(N=Cc2nc(-c3ccccc3Br)oc2O)cc1. The summed E-state index contributed by atoms with van der Waals surface area (Å²) in [7, 11) is 0. The Hall–Kier alpha value is -2.40. The van der Waals surface area contributed by atoms with Gasteiger partial charge in [-0.1, -0.05) is 29.8 Å². The van der Waals surface area contributed by atoms with Gasteiger partial charge in [0.15, 0.2) is 5.69 Å². The molecule has 4 nitrogen and oxygen atoms in total. The summed E-state index contributed by atoms with van der Waals surface area (Å²) < 4.78 is 6.16. The number of rotatable bonds is 3. The lowest BCUT2D eigenvalue weighted by Crippen LogP contribution is -1.83. The highest BCUT2D eigenvalue weighted by molar-refractivity contribution is 9.10. The summed E-state index contributed by atoms with van der Waals surface area (Å²) >= 11 is 3.43. The van der Waals surface area contributed by atoms with Gasteiger partial charge in [-0.2, -0.15) is 0 Å². The number of aliphatic imine (C=N–C) groups is 1.